The first-order valence-corrected chi connectivity index (χ1v) is 9.71. The van der Waals surface area contributed by atoms with Gasteiger partial charge in [-0.05, 0) is 26.0 Å². The molecule has 3 heterocycles. The van der Waals surface area contributed by atoms with Crippen molar-refractivity contribution in [3.8, 4) is 0 Å². The lowest BCUT2D eigenvalue weighted by molar-refractivity contribution is -0.199. The highest BCUT2D eigenvalue weighted by molar-refractivity contribution is 6.43. The van der Waals surface area contributed by atoms with Crippen LogP contribution in [0.5, 0.6) is 0 Å². The highest BCUT2D eigenvalue weighted by Crippen LogP contribution is 2.47. The van der Waals surface area contributed by atoms with Gasteiger partial charge in [0.05, 0.1) is 27.7 Å². The van der Waals surface area contributed by atoms with Crippen LogP contribution in [0.1, 0.15) is 30.4 Å². The fourth-order valence-electron chi connectivity index (χ4n) is 4.16. The maximum absolute atomic E-state index is 12.0. The third kappa shape index (κ3) is 2.93. The lowest BCUT2D eigenvalue weighted by Gasteiger charge is -2.27. The number of hydrogen-bond donors (Lipinski definition) is 1. The van der Waals surface area contributed by atoms with Crippen LogP contribution < -0.4 is 4.90 Å². The minimum absolute atomic E-state index is 0.208. The largest absolute Gasteiger partial charge is 0.394 e. The molecule has 1 unspecified atom stereocenters. The molecule has 2 aromatic rings. The maximum atomic E-state index is 12.0. The molecule has 0 saturated carbocycles. The minimum atomic E-state index is -0.805. The van der Waals surface area contributed by atoms with Gasteiger partial charge in [-0.3, -0.25) is 9.36 Å². The van der Waals surface area contributed by atoms with Crippen molar-refractivity contribution in [1.82, 2.24) is 4.57 Å². The second-order valence-corrected chi connectivity index (χ2v) is 8.53. The fourth-order valence-corrected chi connectivity index (χ4v) is 4.48. The van der Waals surface area contributed by atoms with E-state index in [0.717, 1.165) is 6.29 Å². The van der Waals surface area contributed by atoms with Crippen molar-refractivity contribution >= 4 is 46.2 Å². The summed E-state index contributed by atoms with van der Waals surface area (Å²) in [4.78, 5) is 13.8. The van der Waals surface area contributed by atoms with Crippen LogP contribution in [-0.4, -0.2) is 60.8 Å². The molecule has 0 bridgehead atoms. The molecule has 1 aromatic carbocycles. The summed E-state index contributed by atoms with van der Waals surface area (Å²) in [6.45, 7) is 3.44. The second kappa shape index (κ2) is 6.86. The average Bonchev–Trinajstić information content (AvgIpc) is 3.21. The molecule has 7 nitrogen and oxygen atoms in total. The Hall–Kier alpha value is -1.35. The van der Waals surface area contributed by atoms with Crippen molar-refractivity contribution in [3.05, 3.63) is 27.7 Å². The standard InChI is InChI=1S/C19H22Cl2N2O5/c1-19(2)27-15-14(8-25)26-18(16(15)28-19)23-13-6-12(21)11(20)5-9(13)10(7-24)17(23)22(3)4/h5-7,14-16,18,25H,8H2,1-4H3/t14-,15?,16+,18-/m1/s1. The number of ether oxygens (including phenoxy) is 3. The molecule has 4 atom stereocenters. The molecule has 0 spiro atoms. The van der Waals surface area contributed by atoms with E-state index in [1.54, 1.807) is 12.1 Å². The predicted molar refractivity (Wildman–Crippen MR) is 106 cm³/mol. The molecule has 0 aliphatic carbocycles. The van der Waals surface area contributed by atoms with Crippen LogP contribution in [0.4, 0.5) is 5.82 Å². The number of aliphatic hydroxyl groups excluding tert-OH is 1. The van der Waals surface area contributed by atoms with E-state index in [9.17, 15) is 9.90 Å². The summed E-state index contributed by atoms with van der Waals surface area (Å²) in [7, 11) is 3.68. The molecule has 1 N–H and O–H groups in total. The van der Waals surface area contributed by atoms with Crippen molar-refractivity contribution in [2.45, 2.75) is 44.2 Å². The number of carbonyl (C=O) groups is 1. The average molecular weight is 429 g/mol. The normalized spacial score (nSPS) is 28.7. The molecule has 9 heteroatoms. The topological polar surface area (TPSA) is 73.2 Å². The summed E-state index contributed by atoms with van der Waals surface area (Å²) in [6, 6.07) is 3.39. The summed E-state index contributed by atoms with van der Waals surface area (Å²) in [5.74, 6) is -0.167. The molecule has 2 fully saturated rings. The molecule has 2 aliphatic heterocycles. The Kier molecular flexibility index (Phi) is 4.89. The van der Waals surface area contributed by atoms with Crippen molar-refractivity contribution in [2.24, 2.45) is 0 Å². The number of anilines is 1. The Bertz CT molecular complexity index is 942. The number of fused-ring (bicyclic) bond motifs is 2. The van der Waals surface area contributed by atoms with Gasteiger partial charge in [-0.1, -0.05) is 23.2 Å². The quantitative estimate of drug-likeness (QED) is 0.753. The van der Waals surface area contributed by atoms with Gasteiger partial charge in [-0.15, -0.1) is 0 Å². The van der Waals surface area contributed by atoms with Gasteiger partial charge >= 0.3 is 0 Å². The Morgan fingerprint density at radius 3 is 2.46 bits per heavy atom. The second-order valence-electron chi connectivity index (χ2n) is 7.72. The molecular weight excluding hydrogens is 407 g/mol. The van der Waals surface area contributed by atoms with E-state index in [2.05, 4.69) is 0 Å². The Labute approximate surface area is 172 Å². The first-order valence-electron chi connectivity index (χ1n) is 8.96. The first kappa shape index (κ1) is 19.9. The Balaban J connectivity index is 1.96. The predicted octanol–water partition coefficient (Wildman–Crippen LogP) is 3.24. The molecule has 2 aliphatic rings. The first-order chi connectivity index (χ1) is 13.2. The number of rotatable bonds is 4. The number of hydrogen-bond acceptors (Lipinski definition) is 6. The van der Waals surface area contributed by atoms with E-state index in [0.29, 0.717) is 32.3 Å². The number of nitrogens with zero attached hydrogens (tertiary/aromatic N) is 2. The van der Waals surface area contributed by atoms with E-state index in [-0.39, 0.29) is 6.61 Å². The van der Waals surface area contributed by atoms with Crippen molar-refractivity contribution in [2.75, 3.05) is 25.6 Å². The highest BCUT2D eigenvalue weighted by Gasteiger charge is 2.56. The number of halogens is 2. The number of carbonyl (C=O) groups excluding carboxylic acids is 1. The minimum Gasteiger partial charge on any atom is -0.394 e. The number of aldehydes is 1. The number of aliphatic hydroxyl groups is 1. The van der Waals surface area contributed by atoms with Crippen LogP contribution in [0.15, 0.2) is 12.1 Å². The highest BCUT2D eigenvalue weighted by atomic mass is 35.5. The van der Waals surface area contributed by atoms with Gasteiger partial charge in [0, 0.05) is 19.5 Å². The zero-order valence-corrected chi connectivity index (χ0v) is 17.5. The lowest BCUT2D eigenvalue weighted by Crippen LogP contribution is -2.31. The van der Waals surface area contributed by atoms with Gasteiger partial charge in [-0.25, -0.2) is 0 Å². The lowest BCUT2D eigenvalue weighted by atomic mass is 10.1. The molecule has 2 saturated heterocycles. The van der Waals surface area contributed by atoms with E-state index in [1.807, 2.05) is 37.4 Å². The summed E-state index contributed by atoms with van der Waals surface area (Å²) in [5.41, 5.74) is 1.17. The van der Waals surface area contributed by atoms with Crippen molar-refractivity contribution in [1.29, 1.82) is 0 Å². The summed E-state index contributed by atoms with van der Waals surface area (Å²) in [6.07, 6.45) is -1.26. The van der Waals surface area contributed by atoms with Gasteiger partial charge in [0.15, 0.2) is 18.3 Å². The molecule has 152 valence electrons. The van der Waals surface area contributed by atoms with Crippen molar-refractivity contribution in [3.63, 3.8) is 0 Å². The summed E-state index contributed by atoms with van der Waals surface area (Å²) < 4.78 is 20.1. The van der Waals surface area contributed by atoms with Gasteiger partial charge < -0.3 is 24.2 Å². The maximum Gasteiger partial charge on any atom is 0.165 e. The zero-order valence-electron chi connectivity index (χ0n) is 16.0. The Morgan fingerprint density at radius 2 is 1.86 bits per heavy atom. The van der Waals surface area contributed by atoms with E-state index in [4.69, 9.17) is 37.4 Å². The fraction of sp³-hybridized carbons (Fsp3) is 0.526. The number of benzene rings is 1. The van der Waals surface area contributed by atoms with Crippen LogP contribution in [0.2, 0.25) is 10.0 Å². The van der Waals surface area contributed by atoms with E-state index >= 15 is 0 Å². The van der Waals surface area contributed by atoms with Gasteiger partial charge in [0.2, 0.25) is 0 Å². The van der Waals surface area contributed by atoms with Gasteiger partial charge in [0.25, 0.3) is 0 Å². The van der Waals surface area contributed by atoms with Gasteiger partial charge in [-0.2, -0.15) is 0 Å². The smallest absolute Gasteiger partial charge is 0.165 e. The van der Waals surface area contributed by atoms with Crippen LogP contribution in [0.3, 0.4) is 0 Å². The monoisotopic (exact) mass is 428 g/mol. The van der Waals surface area contributed by atoms with E-state index < -0.39 is 30.3 Å². The van der Waals surface area contributed by atoms with Crippen LogP contribution in [-0.2, 0) is 14.2 Å². The third-order valence-corrected chi connectivity index (χ3v) is 5.88. The molecule has 0 amide bonds. The summed E-state index contributed by atoms with van der Waals surface area (Å²) in [5, 5.41) is 11.2. The summed E-state index contributed by atoms with van der Waals surface area (Å²) >= 11 is 12.5. The molecule has 0 radical (unpaired) electrons. The molecule has 1 aromatic heterocycles. The van der Waals surface area contributed by atoms with Crippen molar-refractivity contribution < 1.29 is 24.1 Å². The molecule has 28 heavy (non-hydrogen) atoms. The van der Waals surface area contributed by atoms with E-state index in [1.165, 1.54) is 0 Å². The van der Waals surface area contributed by atoms with Crippen LogP contribution >= 0.6 is 23.2 Å². The third-order valence-electron chi connectivity index (χ3n) is 5.16. The van der Waals surface area contributed by atoms with Crippen LogP contribution in [0, 0.1) is 0 Å². The molecule has 4 rings (SSSR count). The van der Waals surface area contributed by atoms with Gasteiger partial charge in [0.1, 0.15) is 24.1 Å². The Morgan fingerprint density at radius 1 is 1.21 bits per heavy atom. The zero-order chi connectivity index (χ0) is 20.4. The SMILES string of the molecule is CN(C)c1c(C=O)c2cc(Cl)c(Cl)cc2n1[C@@H]1O[C@H](CO)C2OC(C)(C)O[C@@H]21. The van der Waals surface area contributed by atoms with Crippen LogP contribution in [0.25, 0.3) is 10.9 Å². The number of aromatic nitrogens is 1. The molecular formula is C19H22Cl2N2O5.